The van der Waals surface area contributed by atoms with Gasteiger partial charge in [-0.15, -0.1) is 0 Å². The van der Waals surface area contributed by atoms with E-state index in [1.807, 2.05) is 0 Å². The van der Waals surface area contributed by atoms with Gasteiger partial charge in [-0.3, -0.25) is 0 Å². The number of carbonyl (C=O) groups is 2. The van der Waals surface area contributed by atoms with E-state index in [4.69, 9.17) is 5.11 Å². The van der Waals surface area contributed by atoms with E-state index < -0.39 is 24.5 Å². The first-order valence-electron chi connectivity index (χ1n) is 2.13. The van der Waals surface area contributed by atoms with Gasteiger partial charge in [0.05, 0.1) is 12.1 Å². The zero-order valence-electron chi connectivity index (χ0n) is 6.43. The Kier molecular flexibility index (Phi) is 32.6. The van der Waals surface area contributed by atoms with Crippen LogP contribution in [0.2, 0.25) is 0 Å². The molecule has 5 N–H and O–H groups in total. The molecule has 1 atom stereocenters. The molecule has 0 amide bonds. The summed E-state index contributed by atoms with van der Waals surface area (Å²) in [4.78, 5) is 19.1. The molecule has 0 aliphatic carbocycles. The Labute approximate surface area is 97.0 Å². The molecular formula is C4H8FeO7Zn. The fraction of sp³-hybridized carbons (Fsp3) is 0.500. The molecule has 0 spiro atoms. The number of carboxylic acid groups (broad SMARTS) is 2. The van der Waals surface area contributed by atoms with Gasteiger partial charge in [0.2, 0.25) is 0 Å². The molecule has 0 aromatic carbocycles. The van der Waals surface area contributed by atoms with Crippen molar-refractivity contribution >= 4 is 11.9 Å². The van der Waals surface area contributed by atoms with E-state index in [2.05, 4.69) is 0 Å². The second kappa shape index (κ2) is 14.5. The van der Waals surface area contributed by atoms with Crippen molar-refractivity contribution in [1.82, 2.24) is 0 Å². The van der Waals surface area contributed by atoms with Crippen molar-refractivity contribution in [2.24, 2.45) is 0 Å². The van der Waals surface area contributed by atoms with Crippen molar-refractivity contribution < 1.29 is 72.4 Å². The largest absolute Gasteiger partial charge is 2.00 e. The first-order chi connectivity index (χ1) is 4.04. The van der Waals surface area contributed by atoms with Crippen LogP contribution in [0.1, 0.15) is 6.42 Å². The van der Waals surface area contributed by atoms with E-state index >= 15 is 0 Å². The topological polar surface area (TPSA) is 163 Å². The summed E-state index contributed by atoms with van der Waals surface area (Å²) in [5.41, 5.74) is 0. The normalized spacial score (nSPS) is 8.69. The Bertz CT molecular complexity index is 140. The van der Waals surface area contributed by atoms with Gasteiger partial charge >= 0.3 is 17.1 Å². The molecule has 0 heterocycles. The molecule has 9 heteroatoms. The van der Waals surface area contributed by atoms with Gasteiger partial charge in [-0.1, -0.05) is 0 Å². The smallest absolute Gasteiger partial charge is 0.550 e. The van der Waals surface area contributed by atoms with Crippen molar-refractivity contribution in [2.45, 2.75) is 12.5 Å². The van der Waals surface area contributed by atoms with Crippen molar-refractivity contribution in [3.63, 3.8) is 0 Å². The van der Waals surface area contributed by atoms with E-state index in [9.17, 15) is 19.8 Å². The quantitative estimate of drug-likeness (QED) is 0.511. The summed E-state index contributed by atoms with van der Waals surface area (Å²) < 4.78 is 0. The summed E-state index contributed by atoms with van der Waals surface area (Å²) in [6.45, 7) is 0. The number of aliphatic hydroxyl groups is 1. The van der Waals surface area contributed by atoms with Gasteiger partial charge in [-0.2, -0.15) is 0 Å². The Hall–Kier alpha value is -0.0371. The Morgan fingerprint density at radius 3 is 1.62 bits per heavy atom. The Balaban J connectivity index is -0.0000000533. The zero-order chi connectivity index (χ0) is 7.44. The van der Waals surface area contributed by atoms with Crippen LogP contribution in [0.5, 0.6) is 0 Å². The maximum atomic E-state index is 9.58. The number of hydrogen-bond donors (Lipinski definition) is 1. The fourth-order valence-corrected chi connectivity index (χ4v) is 0.241. The predicted octanol–water partition coefficient (Wildman–Crippen LogP) is -5.42. The number of aliphatic hydroxyl groups excluding tert-OH is 1. The van der Waals surface area contributed by atoms with E-state index in [0.717, 1.165) is 0 Å². The van der Waals surface area contributed by atoms with Gasteiger partial charge < -0.3 is 35.9 Å². The maximum Gasteiger partial charge on any atom is 2.00 e. The molecule has 0 aromatic rings. The van der Waals surface area contributed by atoms with Crippen LogP contribution >= 0.6 is 0 Å². The molecule has 0 aliphatic heterocycles. The van der Waals surface area contributed by atoms with Crippen LogP contribution in [-0.4, -0.2) is 34.1 Å². The Morgan fingerprint density at radius 2 is 1.54 bits per heavy atom. The number of aliphatic carboxylic acids is 2. The van der Waals surface area contributed by atoms with Crippen LogP contribution < -0.4 is 10.2 Å². The van der Waals surface area contributed by atoms with Crippen molar-refractivity contribution in [3.05, 3.63) is 0 Å². The summed E-state index contributed by atoms with van der Waals surface area (Å²) >= 11 is 0. The first-order valence-corrected chi connectivity index (χ1v) is 2.13. The van der Waals surface area contributed by atoms with Gasteiger partial charge in [0.25, 0.3) is 0 Å². The second-order valence-electron chi connectivity index (χ2n) is 1.41. The third kappa shape index (κ3) is 18.7. The number of rotatable bonds is 3. The molecule has 0 bridgehead atoms. The average Bonchev–Trinajstić information content (AvgIpc) is 1.63. The molecule has 0 saturated heterocycles. The molecule has 1 unspecified atom stereocenters. The monoisotopic (exact) mass is 288 g/mol. The molecule has 0 radical (unpaired) electrons. The van der Waals surface area contributed by atoms with E-state index in [1.165, 1.54) is 0 Å². The maximum absolute atomic E-state index is 9.58. The number of carbonyl (C=O) groups excluding carboxylic acids is 2. The van der Waals surface area contributed by atoms with Crippen LogP contribution in [0, 0.1) is 0 Å². The van der Waals surface area contributed by atoms with Crippen molar-refractivity contribution in [1.29, 1.82) is 0 Å². The van der Waals surface area contributed by atoms with Gasteiger partial charge in [0.15, 0.2) is 0 Å². The van der Waals surface area contributed by atoms with Crippen LogP contribution in [0.4, 0.5) is 0 Å². The second-order valence-corrected chi connectivity index (χ2v) is 1.41. The summed E-state index contributed by atoms with van der Waals surface area (Å²) in [6.07, 6.45) is -2.89. The standard InChI is InChI=1S/C4H6O5.Fe.2H2O.Zn/c5-2(4(8)9)1-3(6)7;;;;/h2,5H,1H2,(H,6,7)(H,8,9);;2*1H2;/q;+2;;;/p-2. The van der Waals surface area contributed by atoms with Crippen molar-refractivity contribution in [2.75, 3.05) is 0 Å². The van der Waals surface area contributed by atoms with E-state index in [0.29, 0.717) is 0 Å². The van der Waals surface area contributed by atoms with E-state index in [1.54, 1.807) is 0 Å². The van der Waals surface area contributed by atoms with Crippen LogP contribution in [0.15, 0.2) is 0 Å². The predicted molar refractivity (Wildman–Crippen MR) is 27.9 cm³/mol. The minimum Gasteiger partial charge on any atom is -0.550 e. The van der Waals surface area contributed by atoms with Crippen LogP contribution in [0.3, 0.4) is 0 Å². The van der Waals surface area contributed by atoms with Crippen LogP contribution in [0.25, 0.3) is 0 Å². The molecular weight excluding hydrogens is 281 g/mol. The number of hydrogen-bond acceptors (Lipinski definition) is 5. The molecule has 13 heavy (non-hydrogen) atoms. The Morgan fingerprint density at radius 1 is 1.23 bits per heavy atom. The minimum absolute atomic E-state index is 0. The van der Waals surface area contributed by atoms with Crippen LogP contribution in [-0.2, 0) is 46.1 Å². The third-order valence-electron chi connectivity index (χ3n) is 0.632. The molecule has 0 fully saturated rings. The third-order valence-corrected chi connectivity index (χ3v) is 0.632. The van der Waals surface area contributed by atoms with Gasteiger partial charge in [0, 0.05) is 31.9 Å². The van der Waals surface area contributed by atoms with E-state index in [-0.39, 0.29) is 47.5 Å². The molecule has 76 valence electrons. The molecule has 0 aliphatic rings. The van der Waals surface area contributed by atoms with Gasteiger partial charge in [0.1, 0.15) is 0 Å². The summed E-state index contributed by atoms with van der Waals surface area (Å²) in [5, 5.41) is 27.3. The number of carboxylic acids is 2. The molecule has 0 rings (SSSR count). The van der Waals surface area contributed by atoms with Gasteiger partial charge in [-0.05, 0) is 0 Å². The minimum atomic E-state index is -1.96. The SMILES string of the molecule is O.O.O=C([O-])CC(O)C(=O)[O-].[Fe+2].[Zn]. The van der Waals surface area contributed by atoms with Crippen molar-refractivity contribution in [3.8, 4) is 0 Å². The zero-order valence-corrected chi connectivity index (χ0v) is 10.5. The fourth-order valence-electron chi connectivity index (χ4n) is 0.241. The molecule has 0 saturated carbocycles. The first kappa shape index (κ1) is 29.3. The molecule has 7 nitrogen and oxygen atoms in total. The summed E-state index contributed by atoms with van der Waals surface area (Å²) in [5.74, 6) is -3.43. The summed E-state index contributed by atoms with van der Waals surface area (Å²) in [7, 11) is 0. The molecule has 0 aromatic heterocycles. The summed E-state index contributed by atoms with van der Waals surface area (Å²) in [6, 6.07) is 0. The average molecular weight is 289 g/mol. The van der Waals surface area contributed by atoms with Gasteiger partial charge in [-0.25, -0.2) is 0 Å².